The molecule has 198 valence electrons. The van der Waals surface area contributed by atoms with Crippen molar-refractivity contribution in [3.8, 4) is 34.6 Å². The zero-order chi connectivity index (χ0) is 27.1. The number of carbonyl (C=O) groups is 2. The molecule has 38 heavy (non-hydrogen) atoms. The maximum Gasteiger partial charge on any atom is 0.280 e. The highest BCUT2D eigenvalue weighted by Crippen LogP contribution is 2.36. The molecule has 13 heteroatoms. The van der Waals surface area contributed by atoms with E-state index in [0.29, 0.717) is 30.2 Å². The number of pyridine rings is 2. The number of rotatable bonds is 11. The van der Waals surface area contributed by atoms with Crippen LogP contribution in [0.1, 0.15) is 46.7 Å². The van der Waals surface area contributed by atoms with Crippen LogP contribution >= 0.6 is 11.3 Å². The first kappa shape index (κ1) is 27.0. The fourth-order valence-electron chi connectivity index (χ4n) is 3.33. The summed E-state index contributed by atoms with van der Waals surface area (Å²) in [6.45, 7) is 0.515. The first-order chi connectivity index (χ1) is 18.4. The van der Waals surface area contributed by atoms with E-state index in [2.05, 4.69) is 42.6 Å². The molecule has 1 unspecified atom stereocenters. The third-order valence-corrected chi connectivity index (χ3v) is 6.21. The number of hydrogen-bond donors (Lipinski definition) is 2. The van der Waals surface area contributed by atoms with E-state index in [1.165, 1.54) is 19.4 Å². The molecule has 10 nitrogen and oxygen atoms in total. The molecule has 3 heterocycles. The maximum absolute atomic E-state index is 13.5. The Balaban J connectivity index is 1.69. The van der Waals surface area contributed by atoms with Crippen molar-refractivity contribution in [2.45, 2.75) is 31.8 Å². The van der Waals surface area contributed by atoms with Crippen molar-refractivity contribution >= 4 is 28.7 Å². The van der Waals surface area contributed by atoms with Crippen molar-refractivity contribution < 1.29 is 27.8 Å². The Labute approximate surface area is 221 Å². The normalized spacial score (nSPS) is 13.4. The summed E-state index contributed by atoms with van der Waals surface area (Å²) in [5, 5.41) is 14.2. The van der Waals surface area contributed by atoms with Crippen LogP contribution in [0.4, 0.5) is 13.9 Å². The van der Waals surface area contributed by atoms with Gasteiger partial charge in [0.1, 0.15) is 11.4 Å². The second-order valence-corrected chi connectivity index (χ2v) is 9.25. The minimum atomic E-state index is -2.85. The van der Waals surface area contributed by atoms with Crippen LogP contribution in [0.15, 0.2) is 24.5 Å². The summed E-state index contributed by atoms with van der Waals surface area (Å²) in [5.41, 5.74) is -0.124. The van der Waals surface area contributed by atoms with Gasteiger partial charge >= 0.3 is 0 Å². The number of nitrogens with one attached hydrogen (secondary N) is 2. The van der Waals surface area contributed by atoms with Crippen LogP contribution in [-0.4, -0.2) is 59.2 Å². The van der Waals surface area contributed by atoms with E-state index in [1.807, 2.05) is 0 Å². The number of alkyl halides is 2. The molecule has 1 atom stereocenters. The summed E-state index contributed by atoms with van der Waals surface area (Å²) in [4.78, 5) is 32.7. The van der Waals surface area contributed by atoms with Crippen LogP contribution in [0, 0.1) is 17.8 Å². The molecule has 0 saturated heterocycles. The van der Waals surface area contributed by atoms with Gasteiger partial charge in [0.05, 0.1) is 18.9 Å². The van der Waals surface area contributed by atoms with Gasteiger partial charge in [-0.2, -0.15) is 0 Å². The summed E-state index contributed by atoms with van der Waals surface area (Å²) in [6.07, 6.45) is 1.87. The van der Waals surface area contributed by atoms with Crippen molar-refractivity contribution in [2.75, 3.05) is 26.0 Å². The smallest absolute Gasteiger partial charge is 0.280 e. The third kappa shape index (κ3) is 6.84. The first-order valence-electron chi connectivity index (χ1n) is 11.7. The lowest BCUT2D eigenvalue weighted by Gasteiger charge is -2.17. The number of methoxy groups -OCH3 is 1. The van der Waals surface area contributed by atoms with Gasteiger partial charge in [-0.1, -0.05) is 17.3 Å². The SMILES string of the molecule is CNCCC(C=O)Oc1cc(-c2cc(C(F)F)ncc2OC)c(C(=O)Nc2nnc(C#CC3CC3)s2)cn1. The van der Waals surface area contributed by atoms with Crippen molar-refractivity contribution in [2.24, 2.45) is 5.92 Å². The highest BCUT2D eigenvalue weighted by atomic mass is 32.1. The quantitative estimate of drug-likeness (QED) is 0.276. The van der Waals surface area contributed by atoms with Crippen LogP contribution < -0.4 is 20.1 Å². The fourth-order valence-corrected chi connectivity index (χ4v) is 3.93. The number of anilines is 1. The van der Waals surface area contributed by atoms with Crippen LogP contribution in [0.5, 0.6) is 11.6 Å². The topological polar surface area (TPSA) is 128 Å². The zero-order valence-electron chi connectivity index (χ0n) is 20.5. The van der Waals surface area contributed by atoms with Crippen LogP contribution in [0.2, 0.25) is 0 Å². The molecule has 1 saturated carbocycles. The Morgan fingerprint density at radius 2 is 2.05 bits per heavy atom. The van der Waals surface area contributed by atoms with Crippen LogP contribution in [0.3, 0.4) is 0 Å². The van der Waals surface area contributed by atoms with Gasteiger partial charge in [0.15, 0.2) is 17.4 Å². The number of aromatic nitrogens is 4. The van der Waals surface area contributed by atoms with Gasteiger partial charge in [-0.15, -0.1) is 10.2 Å². The first-order valence-corrected chi connectivity index (χ1v) is 12.5. The van der Waals surface area contributed by atoms with Crippen molar-refractivity contribution in [1.82, 2.24) is 25.5 Å². The molecule has 0 aliphatic heterocycles. The zero-order valence-corrected chi connectivity index (χ0v) is 21.3. The van der Waals surface area contributed by atoms with Gasteiger partial charge in [-0.25, -0.2) is 13.8 Å². The monoisotopic (exact) mass is 542 g/mol. The lowest BCUT2D eigenvalue weighted by Crippen LogP contribution is -2.24. The van der Waals surface area contributed by atoms with Crippen molar-refractivity contribution in [3.05, 3.63) is 40.8 Å². The lowest BCUT2D eigenvalue weighted by molar-refractivity contribution is -0.114. The number of aldehydes is 1. The number of nitrogens with zero attached hydrogens (tertiary/aromatic N) is 4. The molecular weight excluding hydrogens is 518 g/mol. The minimum Gasteiger partial charge on any atom is -0.494 e. The second-order valence-electron chi connectivity index (χ2n) is 8.27. The van der Waals surface area contributed by atoms with Crippen LogP contribution in [-0.2, 0) is 4.79 Å². The van der Waals surface area contributed by atoms with E-state index in [0.717, 1.165) is 36.4 Å². The van der Waals surface area contributed by atoms with Crippen LogP contribution in [0.25, 0.3) is 11.1 Å². The van der Waals surface area contributed by atoms with Gasteiger partial charge in [-0.3, -0.25) is 19.9 Å². The summed E-state index contributed by atoms with van der Waals surface area (Å²) in [5.74, 6) is 5.97. The lowest BCUT2D eigenvalue weighted by atomic mass is 10.00. The molecule has 1 fully saturated rings. The van der Waals surface area contributed by atoms with Gasteiger partial charge < -0.3 is 14.8 Å². The third-order valence-electron chi connectivity index (χ3n) is 5.45. The summed E-state index contributed by atoms with van der Waals surface area (Å²) in [6, 6.07) is 2.53. The Bertz CT molecular complexity index is 1370. The van der Waals surface area contributed by atoms with E-state index in [9.17, 15) is 18.4 Å². The molecule has 3 aromatic heterocycles. The highest BCUT2D eigenvalue weighted by molar-refractivity contribution is 7.15. The van der Waals surface area contributed by atoms with E-state index >= 15 is 0 Å². The number of ether oxygens (including phenoxy) is 2. The number of carbonyl (C=O) groups excluding carboxylic acids is 2. The van der Waals surface area contributed by atoms with Crippen molar-refractivity contribution in [3.63, 3.8) is 0 Å². The molecule has 0 bridgehead atoms. The van der Waals surface area contributed by atoms with Gasteiger partial charge in [-0.05, 0) is 38.4 Å². The number of amides is 1. The molecule has 1 amide bonds. The average molecular weight is 543 g/mol. The summed E-state index contributed by atoms with van der Waals surface area (Å²) in [7, 11) is 3.09. The predicted molar refractivity (Wildman–Crippen MR) is 135 cm³/mol. The van der Waals surface area contributed by atoms with Gasteiger partial charge in [0.2, 0.25) is 11.0 Å². The molecule has 3 aromatic rings. The molecule has 4 rings (SSSR count). The van der Waals surface area contributed by atoms with Crippen molar-refractivity contribution in [1.29, 1.82) is 0 Å². The summed E-state index contributed by atoms with van der Waals surface area (Å²) >= 11 is 1.11. The average Bonchev–Trinajstić information content (AvgIpc) is 3.66. The molecule has 0 radical (unpaired) electrons. The van der Waals surface area contributed by atoms with E-state index in [1.54, 1.807) is 7.05 Å². The Kier molecular flexibility index (Phi) is 8.88. The van der Waals surface area contributed by atoms with Gasteiger partial charge in [0, 0.05) is 35.7 Å². The molecule has 0 aromatic carbocycles. The Morgan fingerprint density at radius 1 is 1.24 bits per heavy atom. The summed E-state index contributed by atoms with van der Waals surface area (Å²) < 4.78 is 38.0. The fraction of sp³-hybridized carbons (Fsp3) is 0.360. The molecular formula is C25H24F2N6O4S. The second kappa shape index (κ2) is 12.5. The predicted octanol–water partition coefficient (Wildman–Crippen LogP) is 3.51. The largest absolute Gasteiger partial charge is 0.494 e. The maximum atomic E-state index is 13.5. The molecule has 1 aliphatic rings. The highest BCUT2D eigenvalue weighted by Gasteiger charge is 2.23. The Hall–Kier alpha value is -4.02. The standard InChI is InChI=1S/C25H24F2N6O4S/c1-28-8-7-15(13-34)37-21-10-16(17-9-19(23(26)27)29-12-20(17)36-2)18(11-30-21)24(35)31-25-33-32-22(38-25)6-5-14-3-4-14/h9-15,23,28H,3-4,7-8H2,1-2H3,(H,31,33,35). The van der Waals surface area contributed by atoms with E-state index in [4.69, 9.17) is 9.47 Å². The molecule has 1 aliphatic carbocycles. The minimum absolute atomic E-state index is 0.0239. The number of halogens is 2. The van der Waals surface area contributed by atoms with Gasteiger partial charge in [0.25, 0.3) is 12.3 Å². The Morgan fingerprint density at radius 3 is 2.74 bits per heavy atom. The van der Waals surface area contributed by atoms with E-state index < -0.39 is 24.1 Å². The van der Waals surface area contributed by atoms with E-state index in [-0.39, 0.29) is 33.5 Å². The number of hydrogen-bond acceptors (Lipinski definition) is 10. The molecule has 0 spiro atoms. The molecule has 2 N–H and O–H groups in total.